The summed E-state index contributed by atoms with van der Waals surface area (Å²) in [6, 6.07) is 7.84. The third-order valence-electron chi connectivity index (χ3n) is 3.87. The largest absolute Gasteiger partial charge is 0.444 e. The van der Waals surface area contributed by atoms with Crippen LogP contribution in [-0.2, 0) is 15.9 Å². The molecular formula is C18H23N3O4. The van der Waals surface area contributed by atoms with Gasteiger partial charge in [0.05, 0.1) is 19.3 Å². The van der Waals surface area contributed by atoms with Crippen molar-refractivity contribution in [2.45, 2.75) is 38.8 Å². The van der Waals surface area contributed by atoms with E-state index in [0.717, 1.165) is 11.1 Å². The molecule has 3 rings (SSSR count). The highest BCUT2D eigenvalue weighted by Crippen LogP contribution is 2.21. The van der Waals surface area contributed by atoms with Gasteiger partial charge in [-0.25, -0.2) is 4.79 Å². The molecule has 0 radical (unpaired) electrons. The smallest absolute Gasteiger partial charge is 0.410 e. The fraction of sp³-hybridized carbons (Fsp3) is 0.500. The first-order valence-corrected chi connectivity index (χ1v) is 8.35. The standard InChI is InChI=1S/C18H23N3O4/c1-18(2,3)25-17(22)21-7-8-23-11-15(21)10-13-5-4-6-14(9-13)16-19-12-24-20-16/h4-6,9,12,15H,7-8,10-11H2,1-3H3/t15-/m1/s1. The summed E-state index contributed by atoms with van der Waals surface area (Å²) in [5.41, 5.74) is 1.44. The minimum atomic E-state index is -0.515. The lowest BCUT2D eigenvalue weighted by atomic mass is 10.0. The van der Waals surface area contributed by atoms with E-state index < -0.39 is 5.60 Å². The van der Waals surface area contributed by atoms with Crippen molar-refractivity contribution < 1.29 is 18.8 Å². The van der Waals surface area contributed by atoms with Crippen molar-refractivity contribution in [3.63, 3.8) is 0 Å². The molecule has 0 N–H and O–H groups in total. The second kappa shape index (κ2) is 7.23. The van der Waals surface area contributed by atoms with Crippen LogP contribution in [0.25, 0.3) is 11.4 Å². The molecule has 0 unspecified atom stereocenters. The molecule has 1 aliphatic rings. The Labute approximate surface area is 146 Å². The minimum absolute atomic E-state index is 0.0656. The van der Waals surface area contributed by atoms with Crippen LogP contribution in [0.4, 0.5) is 4.79 Å². The van der Waals surface area contributed by atoms with Crippen molar-refractivity contribution in [2.24, 2.45) is 0 Å². The van der Waals surface area contributed by atoms with Gasteiger partial charge in [-0.1, -0.05) is 23.4 Å². The van der Waals surface area contributed by atoms with Crippen molar-refractivity contribution in [1.82, 2.24) is 15.0 Å². The van der Waals surface area contributed by atoms with Gasteiger partial charge in [-0.05, 0) is 38.8 Å². The maximum absolute atomic E-state index is 12.5. The number of aromatic nitrogens is 2. The normalized spacial score (nSPS) is 18.2. The van der Waals surface area contributed by atoms with Crippen LogP contribution in [0.15, 0.2) is 35.2 Å². The maximum Gasteiger partial charge on any atom is 0.410 e. The zero-order valence-corrected chi connectivity index (χ0v) is 14.8. The number of nitrogens with zero attached hydrogens (tertiary/aromatic N) is 3. The summed E-state index contributed by atoms with van der Waals surface area (Å²) in [6.07, 6.45) is 1.68. The van der Waals surface area contributed by atoms with Crippen molar-refractivity contribution in [3.05, 3.63) is 36.2 Å². The number of carbonyl (C=O) groups excluding carboxylic acids is 1. The third kappa shape index (κ3) is 4.57. The zero-order chi connectivity index (χ0) is 17.9. The number of amides is 1. The second-order valence-electron chi connectivity index (χ2n) is 7.06. The summed E-state index contributed by atoms with van der Waals surface area (Å²) in [4.78, 5) is 18.3. The quantitative estimate of drug-likeness (QED) is 0.851. The van der Waals surface area contributed by atoms with Crippen molar-refractivity contribution in [3.8, 4) is 11.4 Å². The summed E-state index contributed by atoms with van der Waals surface area (Å²) < 4.78 is 15.9. The Kier molecular flexibility index (Phi) is 5.03. The molecule has 1 atom stereocenters. The van der Waals surface area contributed by atoms with E-state index in [1.165, 1.54) is 6.39 Å². The molecule has 1 saturated heterocycles. The summed E-state index contributed by atoms with van der Waals surface area (Å²) in [5, 5.41) is 3.86. The molecule has 0 aliphatic carbocycles. The Balaban J connectivity index is 1.73. The topological polar surface area (TPSA) is 77.7 Å². The average molecular weight is 345 g/mol. The van der Waals surface area contributed by atoms with Crippen molar-refractivity contribution in [1.29, 1.82) is 0 Å². The van der Waals surface area contributed by atoms with Gasteiger partial charge in [0.25, 0.3) is 0 Å². The highest BCUT2D eigenvalue weighted by atomic mass is 16.6. The minimum Gasteiger partial charge on any atom is -0.444 e. The Morgan fingerprint density at radius 2 is 2.24 bits per heavy atom. The van der Waals surface area contributed by atoms with Crippen LogP contribution >= 0.6 is 0 Å². The predicted molar refractivity (Wildman–Crippen MR) is 91.0 cm³/mol. The lowest BCUT2D eigenvalue weighted by Crippen LogP contribution is -2.51. The van der Waals surface area contributed by atoms with Gasteiger partial charge in [-0.2, -0.15) is 4.98 Å². The van der Waals surface area contributed by atoms with Crippen LogP contribution < -0.4 is 0 Å². The van der Waals surface area contributed by atoms with E-state index in [-0.39, 0.29) is 12.1 Å². The van der Waals surface area contributed by atoms with Crippen molar-refractivity contribution >= 4 is 6.09 Å². The molecule has 2 aromatic rings. The molecule has 1 fully saturated rings. The number of rotatable bonds is 3. The summed E-state index contributed by atoms with van der Waals surface area (Å²) in [6.45, 7) is 7.16. The number of morpholine rings is 1. The molecule has 2 heterocycles. The van der Waals surface area contributed by atoms with Crippen LogP contribution in [-0.4, -0.2) is 52.5 Å². The fourth-order valence-electron chi connectivity index (χ4n) is 2.79. The number of hydrogen-bond donors (Lipinski definition) is 0. The van der Waals surface area contributed by atoms with E-state index in [1.54, 1.807) is 4.90 Å². The Morgan fingerprint density at radius 3 is 2.96 bits per heavy atom. The van der Waals surface area contributed by atoms with Crippen LogP contribution in [0.5, 0.6) is 0 Å². The summed E-state index contributed by atoms with van der Waals surface area (Å²) in [7, 11) is 0. The molecule has 134 valence electrons. The number of ether oxygens (including phenoxy) is 2. The highest BCUT2D eigenvalue weighted by Gasteiger charge is 2.31. The van der Waals surface area contributed by atoms with Crippen molar-refractivity contribution in [2.75, 3.05) is 19.8 Å². The molecule has 7 nitrogen and oxygen atoms in total. The molecule has 0 saturated carbocycles. The third-order valence-corrected chi connectivity index (χ3v) is 3.87. The average Bonchev–Trinajstić information content (AvgIpc) is 3.08. The first kappa shape index (κ1) is 17.4. The second-order valence-corrected chi connectivity index (χ2v) is 7.06. The fourth-order valence-corrected chi connectivity index (χ4v) is 2.79. The predicted octanol–water partition coefficient (Wildman–Crippen LogP) is 2.92. The molecule has 1 aromatic carbocycles. The molecule has 1 aromatic heterocycles. The van der Waals surface area contributed by atoms with Gasteiger partial charge in [0.2, 0.25) is 12.2 Å². The lowest BCUT2D eigenvalue weighted by Gasteiger charge is -2.36. The Bertz CT molecular complexity index is 709. The molecular weight excluding hydrogens is 322 g/mol. The van der Waals surface area contributed by atoms with E-state index in [0.29, 0.717) is 32.0 Å². The summed E-state index contributed by atoms with van der Waals surface area (Å²) in [5.74, 6) is 0.547. The first-order valence-electron chi connectivity index (χ1n) is 8.35. The van der Waals surface area contributed by atoms with Gasteiger partial charge < -0.3 is 18.9 Å². The number of hydrogen-bond acceptors (Lipinski definition) is 6. The van der Waals surface area contributed by atoms with Gasteiger partial charge >= 0.3 is 6.09 Å². The monoisotopic (exact) mass is 345 g/mol. The number of carbonyl (C=O) groups is 1. The lowest BCUT2D eigenvalue weighted by molar-refractivity contribution is -0.0319. The first-order chi connectivity index (χ1) is 11.9. The Morgan fingerprint density at radius 1 is 1.40 bits per heavy atom. The van der Waals surface area contributed by atoms with E-state index in [4.69, 9.17) is 14.0 Å². The van der Waals surface area contributed by atoms with Gasteiger partial charge in [0, 0.05) is 12.1 Å². The van der Waals surface area contributed by atoms with Gasteiger partial charge in [-0.3, -0.25) is 0 Å². The van der Waals surface area contributed by atoms with E-state index in [2.05, 4.69) is 10.1 Å². The van der Waals surface area contributed by atoms with Crippen LogP contribution in [0, 0.1) is 0 Å². The van der Waals surface area contributed by atoms with Crippen LogP contribution in [0.3, 0.4) is 0 Å². The maximum atomic E-state index is 12.5. The van der Waals surface area contributed by atoms with E-state index in [1.807, 2.05) is 45.0 Å². The van der Waals surface area contributed by atoms with E-state index in [9.17, 15) is 4.79 Å². The SMILES string of the molecule is CC(C)(C)OC(=O)N1CCOC[C@H]1Cc1cccc(-c2ncon2)c1. The molecule has 25 heavy (non-hydrogen) atoms. The van der Waals surface area contributed by atoms with Crippen LogP contribution in [0.2, 0.25) is 0 Å². The zero-order valence-electron chi connectivity index (χ0n) is 14.8. The van der Waals surface area contributed by atoms with Crippen LogP contribution in [0.1, 0.15) is 26.3 Å². The molecule has 7 heteroatoms. The summed E-state index contributed by atoms with van der Waals surface area (Å²) >= 11 is 0. The number of benzene rings is 1. The molecule has 1 amide bonds. The molecule has 0 spiro atoms. The van der Waals surface area contributed by atoms with Gasteiger partial charge in [0.15, 0.2) is 0 Å². The van der Waals surface area contributed by atoms with E-state index >= 15 is 0 Å². The van der Waals surface area contributed by atoms with Gasteiger partial charge in [0.1, 0.15) is 5.60 Å². The Hall–Kier alpha value is -2.41. The molecule has 1 aliphatic heterocycles. The molecule has 0 bridgehead atoms. The highest BCUT2D eigenvalue weighted by molar-refractivity contribution is 5.68. The van der Waals surface area contributed by atoms with Gasteiger partial charge in [-0.15, -0.1) is 0 Å².